The van der Waals surface area contributed by atoms with Crippen LogP contribution in [0.5, 0.6) is 0 Å². The van der Waals surface area contributed by atoms with Crippen LogP contribution in [0.4, 0.5) is 0 Å². The van der Waals surface area contributed by atoms with Crippen LogP contribution in [0.25, 0.3) is 0 Å². The highest BCUT2D eigenvalue weighted by atomic mass is 16.5. The summed E-state index contributed by atoms with van der Waals surface area (Å²) in [7, 11) is 1.38. The third-order valence-electron chi connectivity index (χ3n) is 6.01. The van der Waals surface area contributed by atoms with Crippen LogP contribution in [0.2, 0.25) is 0 Å². The van der Waals surface area contributed by atoms with Gasteiger partial charge in [-0.15, -0.1) is 0 Å². The zero-order chi connectivity index (χ0) is 15.9. The fourth-order valence-electron chi connectivity index (χ4n) is 5.12. The van der Waals surface area contributed by atoms with Gasteiger partial charge in [0.05, 0.1) is 7.11 Å². The fraction of sp³-hybridized carbons (Fsp3) is 0.824. The van der Waals surface area contributed by atoms with Crippen LogP contribution in [-0.4, -0.2) is 30.9 Å². The molecule has 0 spiro atoms. The summed E-state index contributed by atoms with van der Waals surface area (Å²) >= 11 is 0. The van der Waals surface area contributed by atoms with E-state index in [4.69, 9.17) is 9.47 Å². The Bertz CT molecular complexity index is 499. The van der Waals surface area contributed by atoms with Gasteiger partial charge in [0, 0.05) is 30.6 Å². The lowest BCUT2D eigenvalue weighted by Gasteiger charge is -2.45. The second-order valence-corrected chi connectivity index (χ2v) is 7.19. The quantitative estimate of drug-likeness (QED) is 0.748. The maximum Gasteiger partial charge on any atom is 0.306 e. The first-order valence-electron chi connectivity index (χ1n) is 8.27. The monoisotopic (exact) mass is 308 g/mol. The van der Waals surface area contributed by atoms with E-state index in [-0.39, 0.29) is 42.1 Å². The van der Waals surface area contributed by atoms with E-state index < -0.39 is 5.41 Å². The van der Waals surface area contributed by atoms with E-state index in [1.54, 1.807) is 0 Å². The van der Waals surface area contributed by atoms with Crippen LogP contribution in [0, 0.1) is 23.2 Å². The van der Waals surface area contributed by atoms with Crippen LogP contribution in [0.15, 0.2) is 0 Å². The van der Waals surface area contributed by atoms with E-state index in [2.05, 4.69) is 6.92 Å². The van der Waals surface area contributed by atoms with Gasteiger partial charge in [-0.1, -0.05) is 6.92 Å². The molecule has 3 aliphatic rings. The first-order chi connectivity index (χ1) is 10.5. The van der Waals surface area contributed by atoms with Gasteiger partial charge in [0.2, 0.25) is 0 Å². The molecule has 0 unspecified atom stereocenters. The normalized spacial score (nSPS) is 40.6. The van der Waals surface area contributed by atoms with Gasteiger partial charge in [0.1, 0.15) is 11.9 Å². The number of ketones is 1. The van der Waals surface area contributed by atoms with E-state index in [1.807, 2.05) is 0 Å². The summed E-state index contributed by atoms with van der Waals surface area (Å²) in [5, 5.41) is 0. The highest BCUT2D eigenvalue weighted by Gasteiger charge is 2.62. The largest absolute Gasteiger partial charge is 0.469 e. The molecule has 0 aromatic rings. The zero-order valence-electron chi connectivity index (χ0n) is 13.3. The van der Waals surface area contributed by atoms with Crippen molar-refractivity contribution < 1.29 is 23.9 Å². The first-order valence-corrected chi connectivity index (χ1v) is 8.27. The molecule has 1 saturated heterocycles. The second-order valence-electron chi connectivity index (χ2n) is 7.19. The van der Waals surface area contributed by atoms with Crippen molar-refractivity contribution in [2.75, 3.05) is 7.11 Å². The molecule has 5 heteroatoms. The van der Waals surface area contributed by atoms with Crippen LogP contribution >= 0.6 is 0 Å². The van der Waals surface area contributed by atoms with E-state index in [1.165, 1.54) is 7.11 Å². The lowest BCUT2D eigenvalue weighted by Crippen LogP contribution is -2.48. The molecule has 3 fully saturated rings. The van der Waals surface area contributed by atoms with Gasteiger partial charge in [0.25, 0.3) is 0 Å². The molecule has 0 radical (unpaired) electrons. The molecule has 0 bridgehead atoms. The van der Waals surface area contributed by atoms with E-state index in [0.29, 0.717) is 31.6 Å². The van der Waals surface area contributed by atoms with Crippen LogP contribution in [-0.2, 0) is 23.9 Å². The van der Waals surface area contributed by atoms with E-state index >= 15 is 0 Å². The second kappa shape index (κ2) is 5.67. The number of Topliss-reactive ketones (excluding diaryl/α,β-unsaturated/α-hetero) is 1. The fourth-order valence-corrected chi connectivity index (χ4v) is 5.12. The molecular formula is C17H24O5. The Hall–Kier alpha value is -1.39. The van der Waals surface area contributed by atoms with Crippen molar-refractivity contribution in [2.45, 2.75) is 58.0 Å². The van der Waals surface area contributed by atoms with Crippen molar-refractivity contribution in [2.24, 2.45) is 23.2 Å². The standard InChI is InChI=1S/C17H24O5/c1-10-7-11-9-13-12(3-4-16(20)22-13)17(11,14(18)8-10)6-5-15(19)21-2/h10-13H,3-9H2,1-2H3/t10-,11+,12+,13+,17+/m1/s1. The molecule has 0 aromatic carbocycles. The molecule has 5 atom stereocenters. The minimum atomic E-state index is -0.480. The van der Waals surface area contributed by atoms with Gasteiger partial charge in [-0.2, -0.15) is 0 Å². The number of carbonyl (C=O) groups excluding carboxylic acids is 3. The number of rotatable bonds is 3. The topological polar surface area (TPSA) is 69.7 Å². The summed E-state index contributed by atoms with van der Waals surface area (Å²) in [4.78, 5) is 36.1. The number of methoxy groups -OCH3 is 1. The Balaban J connectivity index is 1.89. The maximum absolute atomic E-state index is 13.0. The molecule has 122 valence electrons. The molecule has 0 aromatic heterocycles. The van der Waals surface area contributed by atoms with Gasteiger partial charge in [-0.25, -0.2) is 0 Å². The Morgan fingerprint density at radius 2 is 2.14 bits per heavy atom. The molecule has 5 nitrogen and oxygen atoms in total. The van der Waals surface area contributed by atoms with E-state index in [0.717, 1.165) is 12.8 Å². The molecule has 2 aliphatic carbocycles. The Kier molecular flexibility index (Phi) is 4.00. The highest BCUT2D eigenvalue weighted by Crippen LogP contribution is 2.60. The van der Waals surface area contributed by atoms with Crippen molar-refractivity contribution in [1.29, 1.82) is 0 Å². The molecular weight excluding hydrogens is 284 g/mol. The van der Waals surface area contributed by atoms with Crippen molar-refractivity contribution in [3.63, 3.8) is 0 Å². The molecule has 2 saturated carbocycles. The smallest absolute Gasteiger partial charge is 0.306 e. The van der Waals surface area contributed by atoms with E-state index in [9.17, 15) is 14.4 Å². The van der Waals surface area contributed by atoms with Crippen molar-refractivity contribution >= 4 is 17.7 Å². The molecule has 0 amide bonds. The van der Waals surface area contributed by atoms with Crippen LogP contribution < -0.4 is 0 Å². The van der Waals surface area contributed by atoms with Crippen LogP contribution in [0.3, 0.4) is 0 Å². The summed E-state index contributed by atoms with van der Waals surface area (Å²) in [5.74, 6) is 0.540. The van der Waals surface area contributed by atoms with Gasteiger partial charge < -0.3 is 9.47 Å². The number of hydrogen-bond acceptors (Lipinski definition) is 5. The predicted molar refractivity (Wildman–Crippen MR) is 77.8 cm³/mol. The minimum Gasteiger partial charge on any atom is -0.469 e. The Labute approximate surface area is 130 Å². The lowest BCUT2D eigenvalue weighted by atomic mass is 9.58. The summed E-state index contributed by atoms with van der Waals surface area (Å²) < 4.78 is 10.3. The van der Waals surface area contributed by atoms with Crippen LogP contribution in [0.1, 0.15) is 51.9 Å². The van der Waals surface area contributed by atoms with Crippen molar-refractivity contribution in [3.8, 4) is 0 Å². The number of hydrogen-bond donors (Lipinski definition) is 0. The maximum atomic E-state index is 13.0. The minimum absolute atomic E-state index is 0.0832. The molecule has 1 heterocycles. The van der Waals surface area contributed by atoms with Gasteiger partial charge in [0.15, 0.2) is 0 Å². The van der Waals surface area contributed by atoms with Crippen molar-refractivity contribution in [3.05, 3.63) is 0 Å². The average molecular weight is 308 g/mol. The molecule has 1 aliphatic heterocycles. The number of carbonyl (C=O) groups is 3. The zero-order valence-corrected chi connectivity index (χ0v) is 13.3. The summed E-state index contributed by atoms with van der Waals surface area (Å²) in [5.41, 5.74) is -0.480. The Morgan fingerprint density at radius 1 is 1.36 bits per heavy atom. The molecule has 0 N–H and O–H groups in total. The summed E-state index contributed by atoms with van der Waals surface area (Å²) in [6.45, 7) is 2.11. The number of fused-ring (bicyclic) bond motifs is 3. The third-order valence-corrected chi connectivity index (χ3v) is 6.01. The SMILES string of the molecule is COC(=O)CC[C@]12C(=O)C[C@H](C)C[C@H]1C[C@@H]1OC(=O)CC[C@@H]12. The van der Waals surface area contributed by atoms with Gasteiger partial charge in [-0.05, 0) is 37.5 Å². The summed E-state index contributed by atoms with van der Waals surface area (Å²) in [6, 6.07) is 0. The van der Waals surface area contributed by atoms with Gasteiger partial charge in [-0.3, -0.25) is 14.4 Å². The average Bonchev–Trinajstić information content (AvgIpc) is 2.78. The number of ether oxygens (including phenoxy) is 2. The predicted octanol–water partition coefficient (Wildman–Crippen LogP) is 2.27. The lowest BCUT2D eigenvalue weighted by molar-refractivity contribution is -0.163. The van der Waals surface area contributed by atoms with Crippen molar-refractivity contribution in [1.82, 2.24) is 0 Å². The highest BCUT2D eigenvalue weighted by molar-refractivity contribution is 5.88. The molecule has 3 rings (SSSR count). The van der Waals surface area contributed by atoms with Gasteiger partial charge >= 0.3 is 11.9 Å². The summed E-state index contributed by atoms with van der Waals surface area (Å²) in [6.07, 6.45) is 4.09. The molecule has 22 heavy (non-hydrogen) atoms. The number of esters is 2. The third kappa shape index (κ3) is 2.34. The first kappa shape index (κ1) is 15.5. The Morgan fingerprint density at radius 3 is 2.86 bits per heavy atom.